The van der Waals surface area contributed by atoms with Gasteiger partial charge in [-0.05, 0) is 132 Å². The van der Waals surface area contributed by atoms with Gasteiger partial charge in [0.15, 0.2) is 0 Å². The van der Waals surface area contributed by atoms with Crippen molar-refractivity contribution in [3.05, 3.63) is 142 Å². The van der Waals surface area contributed by atoms with Gasteiger partial charge in [0, 0.05) is 0 Å². The molecule has 2 fully saturated rings. The summed E-state index contributed by atoms with van der Waals surface area (Å²) in [7, 11) is 0. The van der Waals surface area contributed by atoms with Crippen LogP contribution in [0.15, 0.2) is 97.1 Å². The number of hydrogen-bond acceptors (Lipinski definition) is 1. The molecular formula is C56H78O. The second-order valence-electron chi connectivity index (χ2n) is 18.3. The highest BCUT2D eigenvalue weighted by molar-refractivity contribution is 5.38. The zero-order valence-electron chi connectivity index (χ0n) is 36.7. The molecule has 4 aromatic rings. The first kappa shape index (κ1) is 43.4. The van der Waals surface area contributed by atoms with Crippen molar-refractivity contribution in [3.63, 3.8) is 0 Å². The van der Waals surface area contributed by atoms with E-state index in [-0.39, 0.29) is 12.2 Å². The van der Waals surface area contributed by atoms with Crippen LogP contribution in [-0.4, -0.2) is 0 Å². The van der Waals surface area contributed by atoms with Gasteiger partial charge in [0.05, 0.1) is 0 Å². The maximum atomic E-state index is 7.46. The van der Waals surface area contributed by atoms with E-state index >= 15 is 0 Å². The Labute approximate surface area is 349 Å². The predicted molar refractivity (Wildman–Crippen MR) is 245 cm³/mol. The maximum absolute atomic E-state index is 7.46. The summed E-state index contributed by atoms with van der Waals surface area (Å²) in [6.45, 7) is 9.11. The number of aryl methyl sites for hydroxylation is 2. The maximum Gasteiger partial charge on any atom is 0.109 e. The zero-order valence-corrected chi connectivity index (χ0v) is 36.7. The first-order valence-electron chi connectivity index (χ1n) is 24.1. The molecule has 2 saturated carbocycles. The van der Waals surface area contributed by atoms with E-state index in [0.717, 1.165) is 24.7 Å². The van der Waals surface area contributed by atoms with E-state index in [4.69, 9.17) is 4.74 Å². The fourth-order valence-electron chi connectivity index (χ4n) is 10.2. The predicted octanol–water partition coefficient (Wildman–Crippen LogP) is 17.0. The molecule has 0 spiro atoms. The Balaban J connectivity index is 1.17. The molecule has 1 nitrogen and oxygen atoms in total. The highest BCUT2D eigenvalue weighted by Crippen LogP contribution is 2.42. The average molecular weight is 767 g/mol. The third-order valence-electron chi connectivity index (χ3n) is 14.2. The van der Waals surface area contributed by atoms with Crippen LogP contribution in [0.3, 0.4) is 0 Å². The van der Waals surface area contributed by atoms with Crippen LogP contribution in [-0.2, 0) is 17.6 Å². The summed E-state index contributed by atoms with van der Waals surface area (Å²) in [6.07, 6.45) is 29.6. The van der Waals surface area contributed by atoms with Gasteiger partial charge in [-0.2, -0.15) is 0 Å². The van der Waals surface area contributed by atoms with Crippen molar-refractivity contribution in [2.45, 2.75) is 193 Å². The number of benzene rings is 4. The highest BCUT2D eigenvalue weighted by Gasteiger charge is 2.27. The van der Waals surface area contributed by atoms with E-state index in [1.807, 2.05) is 0 Å². The second-order valence-corrected chi connectivity index (χ2v) is 18.3. The third kappa shape index (κ3) is 12.9. The van der Waals surface area contributed by atoms with Crippen molar-refractivity contribution < 1.29 is 4.74 Å². The third-order valence-corrected chi connectivity index (χ3v) is 14.2. The lowest BCUT2D eigenvalue weighted by molar-refractivity contribution is 0.0308. The van der Waals surface area contributed by atoms with E-state index in [1.165, 1.54) is 173 Å². The SMILES string of the molecule is CCCCCCC[C@H]1CC[C@H](c2ccc(C(OC(c3ccc(CC)cc3)c3ccc([C@H]4CC[C@H](CCCCCCC)CC4)cc3)c3ccc(CC)cc3)cc2)CC1. The summed E-state index contributed by atoms with van der Waals surface area (Å²) in [5.74, 6) is 3.25. The first-order chi connectivity index (χ1) is 28.1. The molecule has 0 radical (unpaired) electrons. The lowest BCUT2D eigenvalue weighted by Gasteiger charge is -2.30. The molecular weight excluding hydrogens is 689 g/mol. The average Bonchev–Trinajstić information content (AvgIpc) is 3.27. The van der Waals surface area contributed by atoms with Gasteiger partial charge in [-0.1, -0.05) is 202 Å². The minimum Gasteiger partial charge on any atom is -0.356 e. The van der Waals surface area contributed by atoms with E-state index in [0.29, 0.717) is 11.8 Å². The summed E-state index contributed by atoms with van der Waals surface area (Å²) in [5.41, 5.74) is 10.7. The molecule has 6 rings (SSSR count). The number of ether oxygens (including phenoxy) is 1. The molecule has 308 valence electrons. The molecule has 0 amide bonds. The quantitative estimate of drug-likeness (QED) is 0.0724. The van der Waals surface area contributed by atoms with Gasteiger partial charge in [-0.15, -0.1) is 0 Å². The molecule has 1 heteroatoms. The Morgan fingerprint density at radius 1 is 0.386 bits per heavy atom. The summed E-state index contributed by atoms with van der Waals surface area (Å²) in [5, 5.41) is 0. The highest BCUT2D eigenvalue weighted by atomic mass is 16.5. The Morgan fingerprint density at radius 3 is 1.02 bits per heavy atom. The second kappa shape index (κ2) is 23.4. The zero-order chi connectivity index (χ0) is 39.7. The van der Waals surface area contributed by atoms with Crippen LogP contribution in [0.25, 0.3) is 0 Å². The van der Waals surface area contributed by atoms with Crippen molar-refractivity contribution in [3.8, 4) is 0 Å². The van der Waals surface area contributed by atoms with Crippen molar-refractivity contribution in [2.75, 3.05) is 0 Å². The lowest BCUT2D eigenvalue weighted by atomic mass is 9.77. The summed E-state index contributed by atoms with van der Waals surface area (Å²) in [6, 6.07) is 37.7. The fourth-order valence-corrected chi connectivity index (χ4v) is 10.2. The molecule has 57 heavy (non-hydrogen) atoms. The van der Waals surface area contributed by atoms with Crippen molar-refractivity contribution >= 4 is 0 Å². The van der Waals surface area contributed by atoms with E-state index in [9.17, 15) is 0 Å². The number of hydrogen-bond donors (Lipinski definition) is 0. The number of rotatable bonds is 22. The van der Waals surface area contributed by atoms with Crippen LogP contribution in [0.2, 0.25) is 0 Å². The summed E-state index contributed by atoms with van der Waals surface area (Å²) in [4.78, 5) is 0. The molecule has 2 unspecified atom stereocenters. The molecule has 2 aliphatic carbocycles. The first-order valence-corrected chi connectivity index (χ1v) is 24.1. The molecule has 2 aliphatic rings. The Hall–Kier alpha value is -3.16. The summed E-state index contributed by atoms with van der Waals surface area (Å²) >= 11 is 0. The normalized spacial score (nSPS) is 21.0. The van der Waals surface area contributed by atoms with Gasteiger partial charge < -0.3 is 4.74 Å². The Bertz CT molecular complexity index is 1520. The molecule has 0 saturated heterocycles. The molecule has 2 atom stereocenters. The van der Waals surface area contributed by atoms with Gasteiger partial charge in [-0.25, -0.2) is 0 Å². The fraction of sp³-hybridized carbons (Fsp3) is 0.571. The topological polar surface area (TPSA) is 9.23 Å². The molecule has 0 aliphatic heterocycles. The van der Waals surface area contributed by atoms with Crippen LogP contribution < -0.4 is 0 Å². The monoisotopic (exact) mass is 767 g/mol. The molecule has 0 aromatic heterocycles. The molecule has 0 N–H and O–H groups in total. The summed E-state index contributed by atoms with van der Waals surface area (Å²) < 4.78 is 7.46. The van der Waals surface area contributed by atoms with Crippen LogP contribution >= 0.6 is 0 Å². The smallest absolute Gasteiger partial charge is 0.109 e. The Morgan fingerprint density at radius 2 is 0.702 bits per heavy atom. The minimum absolute atomic E-state index is 0.166. The number of unbranched alkanes of at least 4 members (excludes halogenated alkanes) is 8. The standard InChI is InChI=1S/C56H78O/c1-5-9-11-13-15-17-45-23-27-47(28-24-45)49-35-39-53(40-36-49)55(51-31-19-43(7-3)20-32-51)57-56(52-33-21-44(8-4)22-34-52)54-41-37-50(38-42-54)48-29-25-46(26-30-48)18-16-14-12-10-6-2/h19-22,31-42,45-48,55-56H,5-18,23-30H2,1-4H3/t45-,46-,47-,48-,55?,56?. The van der Waals surface area contributed by atoms with Gasteiger partial charge in [0.1, 0.15) is 12.2 Å². The molecule has 0 bridgehead atoms. The minimum atomic E-state index is -0.166. The van der Waals surface area contributed by atoms with Crippen molar-refractivity contribution in [2.24, 2.45) is 11.8 Å². The molecule has 0 heterocycles. The van der Waals surface area contributed by atoms with E-state index < -0.39 is 0 Å². The van der Waals surface area contributed by atoms with Crippen LogP contribution in [0.5, 0.6) is 0 Å². The van der Waals surface area contributed by atoms with Gasteiger partial charge >= 0.3 is 0 Å². The molecule has 4 aromatic carbocycles. The van der Waals surface area contributed by atoms with E-state index in [2.05, 4.69) is 125 Å². The lowest BCUT2D eigenvalue weighted by Crippen LogP contribution is -2.15. The van der Waals surface area contributed by atoms with Crippen LogP contribution in [0.4, 0.5) is 0 Å². The van der Waals surface area contributed by atoms with E-state index in [1.54, 1.807) is 0 Å². The van der Waals surface area contributed by atoms with Crippen LogP contribution in [0.1, 0.15) is 225 Å². The van der Waals surface area contributed by atoms with Crippen LogP contribution in [0, 0.1) is 11.8 Å². The Kier molecular flexibility index (Phi) is 17.9. The largest absolute Gasteiger partial charge is 0.356 e. The van der Waals surface area contributed by atoms with Gasteiger partial charge in [0.2, 0.25) is 0 Å². The van der Waals surface area contributed by atoms with Gasteiger partial charge in [0.25, 0.3) is 0 Å². The van der Waals surface area contributed by atoms with Gasteiger partial charge in [-0.3, -0.25) is 0 Å². The van der Waals surface area contributed by atoms with Crippen molar-refractivity contribution in [1.82, 2.24) is 0 Å². The van der Waals surface area contributed by atoms with Crippen molar-refractivity contribution in [1.29, 1.82) is 0 Å².